The van der Waals surface area contributed by atoms with Gasteiger partial charge in [0.25, 0.3) is 0 Å². The van der Waals surface area contributed by atoms with Crippen LogP contribution >= 0.6 is 0 Å². The van der Waals surface area contributed by atoms with E-state index in [4.69, 9.17) is 5.11 Å². The molecule has 0 bridgehead atoms. The van der Waals surface area contributed by atoms with Crippen LogP contribution in [0.25, 0.3) is 0 Å². The summed E-state index contributed by atoms with van der Waals surface area (Å²) in [6.45, 7) is 4.38. The molecule has 0 saturated heterocycles. The Hall–Kier alpha value is -2.24. The lowest BCUT2D eigenvalue weighted by Gasteiger charge is -2.16. The van der Waals surface area contributed by atoms with Gasteiger partial charge in [-0.3, -0.25) is 0 Å². The van der Waals surface area contributed by atoms with Crippen molar-refractivity contribution in [3.63, 3.8) is 0 Å². The van der Waals surface area contributed by atoms with Crippen molar-refractivity contribution < 1.29 is 19.8 Å². The van der Waals surface area contributed by atoms with E-state index in [0.717, 1.165) is 5.56 Å². The Morgan fingerprint density at radius 3 is 2.30 bits per heavy atom. The van der Waals surface area contributed by atoms with E-state index in [-0.39, 0.29) is 12.2 Å². The van der Waals surface area contributed by atoms with Crippen LogP contribution in [0.2, 0.25) is 0 Å². The quantitative estimate of drug-likeness (QED) is 0.632. The highest BCUT2D eigenvalue weighted by atomic mass is 16.4. The highest BCUT2D eigenvalue weighted by molar-refractivity contribution is 5.82. The first kappa shape index (κ1) is 15.8. The Bertz CT molecular complexity index is 457. The number of rotatable bonds is 6. The van der Waals surface area contributed by atoms with Crippen molar-refractivity contribution in [1.29, 1.82) is 0 Å². The van der Waals surface area contributed by atoms with Gasteiger partial charge in [0.15, 0.2) is 0 Å². The fourth-order valence-corrected chi connectivity index (χ4v) is 1.57. The lowest BCUT2D eigenvalue weighted by Crippen LogP contribution is -2.47. The zero-order chi connectivity index (χ0) is 15.1. The van der Waals surface area contributed by atoms with Gasteiger partial charge in [-0.1, -0.05) is 26.0 Å². The van der Waals surface area contributed by atoms with Crippen molar-refractivity contribution in [3.05, 3.63) is 29.8 Å². The number of hydrogen-bond acceptors (Lipinski definition) is 3. The first-order chi connectivity index (χ1) is 9.38. The second-order valence-corrected chi connectivity index (χ2v) is 5.01. The largest absolute Gasteiger partial charge is 0.508 e. The maximum atomic E-state index is 11.6. The molecular weight excluding hydrogens is 260 g/mol. The van der Waals surface area contributed by atoms with Gasteiger partial charge in [0.1, 0.15) is 11.8 Å². The first-order valence-corrected chi connectivity index (χ1v) is 6.43. The van der Waals surface area contributed by atoms with Crippen LogP contribution in [-0.4, -0.2) is 34.8 Å². The molecule has 0 radical (unpaired) electrons. The van der Waals surface area contributed by atoms with Crippen LogP contribution in [0.3, 0.4) is 0 Å². The van der Waals surface area contributed by atoms with Crippen LogP contribution in [0.5, 0.6) is 5.75 Å². The molecule has 6 heteroatoms. The highest BCUT2D eigenvalue weighted by Gasteiger charge is 2.20. The number of urea groups is 1. The lowest BCUT2D eigenvalue weighted by molar-refractivity contribution is -0.139. The minimum absolute atomic E-state index is 0.114. The van der Waals surface area contributed by atoms with E-state index in [9.17, 15) is 14.7 Å². The molecule has 6 nitrogen and oxygen atoms in total. The Morgan fingerprint density at radius 2 is 1.80 bits per heavy atom. The third kappa shape index (κ3) is 5.60. The summed E-state index contributed by atoms with van der Waals surface area (Å²) in [5.41, 5.74) is 0.722. The van der Waals surface area contributed by atoms with Gasteiger partial charge in [0, 0.05) is 13.0 Å². The Labute approximate surface area is 117 Å². The molecule has 0 fully saturated rings. The van der Waals surface area contributed by atoms with Gasteiger partial charge in [-0.2, -0.15) is 0 Å². The Kier molecular flexibility index (Phi) is 5.83. The summed E-state index contributed by atoms with van der Waals surface area (Å²) in [5, 5.41) is 23.3. The van der Waals surface area contributed by atoms with Gasteiger partial charge >= 0.3 is 12.0 Å². The number of aliphatic carboxylic acids is 1. The number of carbonyl (C=O) groups excluding carboxylic acids is 1. The van der Waals surface area contributed by atoms with E-state index in [1.165, 1.54) is 12.1 Å². The molecule has 0 aromatic heterocycles. The maximum absolute atomic E-state index is 11.6. The summed E-state index contributed by atoms with van der Waals surface area (Å²) in [4.78, 5) is 22.7. The van der Waals surface area contributed by atoms with Gasteiger partial charge in [0.2, 0.25) is 0 Å². The topological polar surface area (TPSA) is 98.7 Å². The molecule has 2 amide bonds. The number of carbonyl (C=O) groups is 2. The summed E-state index contributed by atoms with van der Waals surface area (Å²) in [5.74, 6) is -0.692. The summed E-state index contributed by atoms with van der Waals surface area (Å²) >= 11 is 0. The third-order valence-corrected chi connectivity index (χ3v) is 2.65. The summed E-state index contributed by atoms with van der Waals surface area (Å²) in [6, 6.07) is 4.70. The fourth-order valence-electron chi connectivity index (χ4n) is 1.57. The standard InChI is InChI=1S/C14H20N2O4/c1-9(2)8-15-14(20)16-12(13(18)19)7-10-3-5-11(17)6-4-10/h3-6,9,12,17H,7-8H2,1-2H3,(H,18,19)(H2,15,16,20)/t12-/m0/s1. The second-order valence-electron chi connectivity index (χ2n) is 5.01. The highest BCUT2D eigenvalue weighted by Crippen LogP contribution is 2.11. The number of carboxylic acids is 1. The van der Waals surface area contributed by atoms with Crippen molar-refractivity contribution >= 4 is 12.0 Å². The monoisotopic (exact) mass is 280 g/mol. The van der Waals surface area contributed by atoms with E-state index in [0.29, 0.717) is 12.5 Å². The number of nitrogens with one attached hydrogen (secondary N) is 2. The minimum Gasteiger partial charge on any atom is -0.508 e. The lowest BCUT2D eigenvalue weighted by atomic mass is 10.1. The zero-order valence-electron chi connectivity index (χ0n) is 11.6. The van der Waals surface area contributed by atoms with Crippen LogP contribution in [0.15, 0.2) is 24.3 Å². The number of aromatic hydroxyl groups is 1. The SMILES string of the molecule is CC(C)CNC(=O)N[C@@H](Cc1ccc(O)cc1)C(=O)O. The molecule has 1 atom stereocenters. The van der Waals surface area contributed by atoms with Crippen molar-refractivity contribution in [3.8, 4) is 5.75 Å². The number of phenolic OH excluding ortho intramolecular Hbond substituents is 1. The molecule has 0 unspecified atom stereocenters. The molecule has 0 spiro atoms. The third-order valence-electron chi connectivity index (χ3n) is 2.65. The molecular formula is C14H20N2O4. The van der Waals surface area contributed by atoms with Gasteiger partial charge in [-0.15, -0.1) is 0 Å². The van der Waals surface area contributed by atoms with E-state index in [2.05, 4.69) is 10.6 Å². The number of carboxylic acid groups (broad SMARTS) is 1. The molecule has 1 aromatic carbocycles. The van der Waals surface area contributed by atoms with Gasteiger partial charge in [0.05, 0.1) is 0 Å². The average Bonchev–Trinajstić information content (AvgIpc) is 2.38. The Morgan fingerprint density at radius 1 is 1.20 bits per heavy atom. The summed E-state index contributed by atoms with van der Waals surface area (Å²) in [6.07, 6.45) is 0.157. The van der Waals surface area contributed by atoms with Crippen LogP contribution in [0.1, 0.15) is 19.4 Å². The molecule has 0 heterocycles. The van der Waals surface area contributed by atoms with Crippen LogP contribution < -0.4 is 10.6 Å². The molecule has 0 aliphatic heterocycles. The Balaban J connectivity index is 2.58. The molecule has 0 aliphatic carbocycles. The van der Waals surface area contributed by atoms with E-state index < -0.39 is 18.0 Å². The van der Waals surface area contributed by atoms with Gasteiger partial charge in [-0.05, 0) is 23.6 Å². The van der Waals surface area contributed by atoms with Crippen molar-refractivity contribution in [2.75, 3.05) is 6.54 Å². The normalized spacial score (nSPS) is 11.9. The molecule has 20 heavy (non-hydrogen) atoms. The second kappa shape index (κ2) is 7.37. The van der Waals surface area contributed by atoms with E-state index in [1.807, 2.05) is 13.8 Å². The first-order valence-electron chi connectivity index (χ1n) is 6.43. The van der Waals surface area contributed by atoms with Crippen molar-refractivity contribution in [2.24, 2.45) is 5.92 Å². The number of benzene rings is 1. The molecule has 110 valence electrons. The zero-order valence-corrected chi connectivity index (χ0v) is 11.6. The van der Waals surface area contributed by atoms with Gasteiger partial charge < -0.3 is 20.8 Å². The molecule has 4 N–H and O–H groups in total. The van der Waals surface area contributed by atoms with Crippen LogP contribution in [0.4, 0.5) is 4.79 Å². The fraction of sp³-hybridized carbons (Fsp3) is 0.429. The van der Waals surface area contributed by atoms with Gasteiger partial charge in [-0.25, -0.2) is 9.59 Å². The smallest absolute Gasteiger partial charge is 0.326 e. The molecule has 0 aliphatic rings. The average molecular weight is 280 g/mol. The summed E-state index contributed by atoms with van der Waals surface area (Å²) in [7, 11) is 0. The predicted molar refractivity (Wildman–Crippen MR) is 74.6 cm³/mol. The van der Waals surface area contributed by atoms with Crippen LogP contribution in [-0.2, 0) is 11.2 Å². The minimum atomic E-state index is -1.10. The van der Waals surface area contributed by atoms with E-state index >= 15 is 0 Å². The maximum Gasteiger partial charge on any atom is 0.326 e. The summed E-state index contributed by atoms with van der Waals surface area (Å²) < 4.78 is 0. The molecule has 1 aromatic rings. The van der Waals surface area contributed by atoms with E-state index in [1.54, 1.807) is 12.1 Å². The number of phenols is 1. The molecule has 1 rings (SSSR count). The predicted octanol–water partition coefficient (Wildman–Crippen LogP) is 1.34. The number of amides is 2. The molecule has 0 saturated carbocycles. The van der Waals surface area contributed by atoms with Crippen LogP contribution in [0, 0.1) is 5.92 Å². The van der Waals surface area contributed by atoms with Crippen molar-refractivity contribution in [2.45, 2.75) is 26.3 Å². The van der Waals surface area contributed by atoms with Crippen molar-refractivity contribution in [1.82, 2.24) is 10.6 Å². The number of hydrogen-bond donors (Lipinski definition) is 4.